The molecule has 1 aliphatic heterocycles. The van der Waals surface area contributed by atoms with Crippen molar-refractivity contribution in [3.63, 3.8) is 0 Å². The zero-order valence-corrected chi connectivity index (χ0v) is 10.7. The second-order valence-electron chi connectivity index (χ2n) is 4.37. The normalized spacial score (nSPS) is 15.5. The second-order valence-corrected chi connectivity index (χ2v) is 4.37. The Bertz CT molecular complexity index is 427. The molecule has 0 aromatic heterocycles. The quantitative estimate of drug-likeness (QED) is 0.678. The van der Waals surface area contributed by atoms with Crippen LogP contribution in [0, 0.1) is 0 Å². The molecule has 0 spiro atoms. The van der Waals surface area contributed by atoms with Crippen molar-refractivity contribution in [2.24, 2.45) is 0 Å². The summed E-state index contributed by atoms with van der Waals surface area (Å²) >= 11 is 0. The van der Waals surface area contributed by atoms with Crippen LogP contribution in [0.1, 0.15) is 17.3 Å². The molecule has 5 nitrogen and oxygen atoms in total. The molecule has 1 saturated heterocycles. The number of hydrogen-bond acceptors (Lipinski definition) is 4. The molecule has 0 atom stereocenters. The second kappa shape index (κ2) is 5.73. The number of nitrogen functional groups attached to an aromatic ring is 1. The van der Waals surface area contributed by atoms with E-state index in [-0.39, 0.29) is 5.91 Å². The molecule has 2 rings (SSSR count). The van der Waals surface area contributed by atoms with E-state index in [1.165, 1.54) is 0 Å². The number of piperazine rings is 1. The van der Waals surface area contributed by atoms with Crippen LogP contribution in [0.2, 0.25) is 0 Å². The summed E-state index contributed by atoms with van der Waals surface area (Å²) in [5.41, 5.74) is 8.35. The van der Waals surface area contributed by atoms with E-state index in [9.17, 15) is 4.79 Å². The first kappa shape index (κ1) is 12.7. The van der Waals surface area contributed by atoms with Crippen molar-refractivity contribution < 1.29 is 4.79 Å². The maximum absolute atomic E-state index is 11.8. The third-order valence-corrected chi connectivity index (χ3v) is 3.09. The minimum atomic E-state index is -0.0473. The van der Waals surface area contributed by atoms with Crippen LogP contribution < -0.4 is 21.3 Å². The molecule has 1 aromatic rings. The molecule has 1 aliphatic rings. The Labute approximate surface area is 107 Å². The summed E-state index contributed by atoms with van der Waals surface area (Å²) in [6.45, 7) is 6.28. The van der Waals surface area contributed by atoms with Gasteiger partial charge in [0.1, 0.15) is 0 Å². The smallest absolute Gasteiger partial charge is 0.251 e. The molecule has 1 amide bonds. The third-order valence-electron chi connectivity index (χ3n) is 3.09. The van der Waals surface area contributed by atoms with Crippen molar-refractivity contribution >= 4 is 17.3 Å². The number of amides is 1. The Morgan fingerprint density at radius 3 is 2.83 bits per heavy atom. The van der Waals surface area contributed by atoms with Crippen molar-refractivity contribution in [1.82, 2.24) is 10.6 Å². The van der Waals surface area contributed by atoms with Crippen molar-refractivity contribution in [1.29, 1.82) is 0 Å². The van der Waals surface area contributed by atoms with E-state index in [1.54, 1.807) is 6.07 Å². The van der Waals surface area contributed by atoms with E-state index in [0.717, 1.165) is 37.6 Å². The number of carbonyl (C=O) groups is 1. The monoisotopic (exact) mass is 248 g/mol. The lowest BCUT2D eigenvalue weighted by atomic mass is 10.1. The van der Waals surface area contributed by atoms with Crippen LogP contribution in [0.5, 0.6) is 0 Å². The van der Waals surface area contributed by atoms with Crippen molar-refractivity contribution in [3.8, 4) is 0 Å². The highest BCUT2D eigenvalue weighted by molar-refractivity contribution is 5.96. The summed E-state index contributed by atoms with van der Waals surface area (Å²) < 4.78 is 0. The van der Waals surface area contributed by atoms with Gasteiger partial charge in [-0.2, -0.15) is 0 Å². The van der Waals surface area contributed by atoms with E-state index < -0.39 is 0 Å². The highest BCUT2D eigenvalue weighted by Crippen LogP contribution is 2.24. The maximum atomic E-state index is 11.8. The minimum absolute atomic E-state index is 0.0473. The standard InChI is InChI=1S/C13H20N4O/c1-2-16-13(18)10-3-4-11(14)12(9-10)17-7-5-15-6-8-17/h3-4,9,15H,2,5-8,14H2,1H3,(H,16,18). The Morgan fingerprint density at radius 2 is 2.17 bits per heavy atom. The first-order chi connectivity index (χ1) is 8.72. The first-order valence-electron chi connectivity index (χ1n) is 6.35. The van der Waals surface area contributed by atoms with Gasteiger partial charge in [0, 0.05) is 38.3 Å². The van der Waals surface area contributed by atoms with Gasteiger partial charge in [0.15, 0.2) is 0 Å². The zero-order valence-electron chi connectivity index (χ0n) is 10.7. The summed E-state index contributed by atoms with van der Waals surface area (Å²) in [5.74, 6) is -0.0473. The lowest BCUT2D eigenvalue weighted by Gasteiger charge is -2.30. The fourth-order valence-corrected chi connectivity index (χ4v) is 2.13. The molecule has 4 N–H and O–H groups in total. The number of nitrogens with one attached hydrogen (secondary N) is 2. The van der Waals surface area contributed by atoms with Gasteiger partial charge in [-0.3, -0.25) is 4.79 Å². The number of nitrogens with zero attached hydrogens (tertiary/aromatic N) is 1. The van der Waals surface area contributed by atoms with Crippen molar-refractivity contribution in [2.45, 2.75) is 6.92 Å². The number of rotatable bonds is 3. The summed E-state index contributed by atoms with van der Waals surface area (Å²) in [6, 6.07) is 5.46. The van der Waals surface area contributed by atoms with E-state index in [4.69, 9.17) is 5.73 Å². The van der Waals surface area contributed by atoms with Gasteiger partial charge in [0.05, 0.1) is 11.4 Å². The summed E-state index contributed by atoms with van der Waals surface area (Å²) in [4.78, 5) is 14.0. The van der Waals surface area contributed by atoms with Crippen LogP contribution in [0.3, 0.4) is 0 Å². The van der Waals surface area contributed by atoms with Gasteiger partial charge in [0.2, 0.25) is 0 Å². The number of nitrogens with two attached hydrogens (primary N) is 1. The Hall–Kier alpha value is -1.75. The lowest BCUT2D eigenvalue weighted by Crippen LogP contribution is -2.43. The fraction of sp³-hybridized carbons (Fsp3) is 0.462. The molecule has 0 unspecified atom stereocenters. The highest BCUT2D eigenvalue weighted by Gasteiger charge is 2.15. The van der Waals surface area contributed by atoms with Crippen LogP contribution >= 0.6 is 0 Å². The highest BCUT2D eigenvalue weighted by atomic mass is 16.1. The molecule has 1 heterocycles. The summed E-state index contributed by atoms with van der Waals surface area (Å²) in [7, 11) is 0. The molecule has 0 aliphatic carbocycles. The van der Waals surface area contributed by atoms with E-state index in [2.05, 4.69) is 15.5 Å². The Balaban J connectivity index is 2.23. The van der Waals surface area contributed by atoms with Crippen LogP contribution in [0.25, 0.3) is 0 Å². The van der Waals surface area contributed by atoms with Gasteiger partial charge in [-0.15, -0.1) is 0 Å². The largest absolute Gasteiger partial charge is 0.397 e. The predicted molar refractivity (Wildman–Crippen MR) is 73.9 cm³/mol. The number of anilines is 2. The maximum Gasteiger partial charge on any atom is 0.251 e. The summed E-state index contributed by atoms with van der Waals surface area (Å²) in [6.07, 6.45) is 0. The average molecular weight is 248 g/mol. The number of benzene rings is 1. The summed E-state index contributed by atoms with van der Waals surface area (Å²) in [5, 5.41) is 6.10. The molecule has 0 radical (unpaired) electrons. The molecule has 5 heteroatoms. The predicted octanol–water partition coefficient (Wildman–Crippen LogP) is 0.428. The van der Waals surface area contributed by atoms with Gasteiger partial charge >= 0.3 is 0 Å². The Kier molecular flexibility index (Phi) is 4.04. The molecular weight excluding hydrogens is 228 g/mol. The minimum Gasteiger partial charge on any atom is -0.397 e. The van der Waals surface area contributed by atoms with Crippen molar-refractivity contribution in [3.05, 3.63) is 23.8 Å². The molecule has 98 valence electrons. The zero-order chi connectivity index (χ0) is 13.0. The van der Waals surface area contributed by atoms with E-state index >= 15 is 0 Å². The fourth-order valence-electron chi connectivity index (χ4n) is 2.13. The average Bonchev–Trinajstić information content (AvgIpc) is 2.40. The molecule has 0 saturated carbocycles. The molecule has 18 heavy (non-hydrogen) atoms. The molecule has 0 bridgehead atoms. The molecule has 1 fully saturated rings. The lowest BCUT2D eigenvalue weighted by molar-refractivity contribution is 0.0956. The van der Waals surface area contributed by atoms with Crippen LogP contribution in [-0.4, -0.2) is 38.6 Å². The van der Waals surface area contributed by atoms with Crippen molar-refractivity contribution in [2.75, 3.05) is 43.4 Å². The van der Waals surface area contributed by atoms with Gasteiger partial charge < -0.3 is 21.3 Å². The van der Waals surface area contributed by atoms with Gasteiger partial charge in [0.25, 0.3) is 5.91 Å². The van der Waals surface area contributed by atoms with E-state index in [1.807, 2.05) is 19.1 Å². The van der Waals surface area contributed by atoms with Crippen LogP contribution in [0.15, 0.2) is 18.2 Å². The molecule has 1 aromatic carbocycles. The van der Waals surface area contributed by atoms with Crippen LogP contribution in [0.4, 0.5) is 11.4 Å². The first-order valence-corrected chi connectivity index (χ1v) is 6.35. The van der Waals surface area contributed by atoms with Gasteiger partial charge in [-0.1, -0.05) is 0 Å². The Morgan fingerprint density at radius 1 is 1.44 bits per heavy atom. The van der Waals surface area contributed by atoms with Crippen LogP contribution in [-0.2, 0) is 0 Å². The number of hydrogen-bond donors (Lipinski definition) is 3. The van der Waals surface area contributed by atoms with E-state index in [0.29, 0.717) is 12.1 Å². The topological polar surface area (TPSA) is 70.4 Å². The number of carbonyl (C=O) groups excluding carboxylic acids is 1. The third kappa shape index (κ3) is 2.73. The molecular formula is C13H20N4O. The van der Waals surface area contributed by atoms with Gasteiger partial charge in [-0.25, -0.2) is 0 Å². The SMILES string of the molecule is CCNC(=O)c1ccc(N)c(N2CCNCC2)c1. The van der Waals surface area contributed by atoms with Gasteiger partial charge in [-0.05, 0) is 25.1 Å².